The van der Waals surface area contributed by atoms with E-state index in [-0.39, 0.29) is 6.10 Å². The molecule has 0 saturated heterocycles. The first-order valence-electron chi connectivity index (χ1n) is 6.13. The first-order valence-corrected chi connectivity index (χ1v) is 6.13. The fourth-order valence-electron chi connectivity index (χ4n) is 1.94. The molecule has 88 valence electrons. The predicted molar refractivity (Wildman–Crippen MR) is 66.7 cm³/mol. The van der Waals surface area contributed by atoms with Gasteiger partial charge >= 0.3 is 0 Å². The molecule has 1 saturated carbocycles. The van der Waals surface area contributed by atoms with Crippen LogP contribution in [0.1, 0.15) is 29.5 Å². The number of nitrogens with one attached hydrogen (secondary N) is 1. The van der Waals surface area contributed by atoms with Crippen molar-refractivity contribution in [1.82, 2.24) is 5.32 Å². The Hall–Kier alpha value is -0.860. The lowest BCUT2D eigenvalue weighted by Crippen LogP contribution is -2.30. The van der Waals surface area contributed by atoms with Crippen LogP contribution in [0.2, 0.25) is 0 Å². The second kappa shape index (κ2) is 4.98. The van der Waals surface area contributed by atoms with Gasteiger partial charge in [0.2, 0.25) is 0 Å². The number of hydrogen-bond donors (Lipinski definition) is 2. The number of benzene rings is 1. The van der Waals surface area contributed by atoms with Crippen molar-refractivity contribution in [3.63, 3.8) is 0 Å². The molecule has 1 unspecified atom stereocenters. The zero-order chi connectivity index (χ0) is 11.5. The molecular formula is C14H21NO. The fourth-order valence-corrected chi connectivity index (χ4v) is 1.94. The van der Waals surface area contributed by atoms with Gasteiger partial charge in [0.1, 0.15) is 0 Å². The van der Waals surface area contributed by atoms with Gasteiger partial charge in [0.25, 0.3) is 0 Å². The minimum atomic E-state index is -0.263. The van der Waals surface area contributed by atoms with Crippen LogP contribution in [-0.2, 0) is 6.42 Å². The summed E-state index contributed by atoms with van der Waals surface area (Å²) in [7, 11) is 0. The average molecular weight is 219 g/mol. The maximum absolute atomic E-state index is 9.93. The van der Waals surface area contributed by atoms with Gasteiger partial charge in [-0.25, -0.2) is 0 Å². The third-order valence-electron chi connectivity index (χ3n) is 3.18. The van der Waals surface area contributed by atoms with Crippen LogP contribution >= 0.6 is 0 Å². The molecular weight excluding hydrogens is 198 g/mol. The van der Waals surface area contributed by atoms with Crippen molar-refractivity contribution < 1.29 is 5.11 Å². The molecule has 0 aromatic heterocycles. The average Bonchev–Trinajstić information content (AvgIpc) is 3.04. The van der Waals surface area contributed by atoms with E-state index in [1.165, 1.54) is 29.5 Å². The minimum Gasteiger partial charge on any atom is -0.391 e. The van der Waals surface area contributed by atoms with Gasteiger partial charge in [0, 0.05) is 12.6 Å². The SMILES string of the molecule is Cc1ccc(C)c(CC(O)CNC2CC2)c1. The first-order chi connectivity index (χ1) is 7.65. The van der Waals surface area contributed by atoms with Gasteiger partial charge in [-0.15, -0.1) is 0 Å². The Labute approximate surface area is 97.7 Å². The third-order valence-corrected chi connectivity index (χ3v) is 3.18. The van der Waals surface area contributed by atoms with Crippen LogP contribution in [0.25, 0.3) is 0 Å². The fraction of sp³-hybridized carbons (Fsp3) is 0.571. The third kappa shape index (κ3) is 3.32. The lowest BCUT2D eigenvalue weighted by atomic mass is 10.0. The van der Waals surface area contributed by atoms with Gasteiger partial charge in [0.15, 0.2) is 0 Å². The highest BCUT2D eigenvalue weighted by Gasteiger charge is 2.21. The zero-order valence-corrected chi connectivity index (χ0v) is 10.2. The van der Waals surface area contributed by atoms with E-state index in [9.17, 15) is 5.11 Å². The first kappa shape index (κ1) is 11.6. The summed E-state index contributed by atoms with van der Waals surface area (Å²) >= 11 is 0. The molecule has 2 heteroatoms. The molecule has 0 heterocycles. The van der Waals surface area contributed by atoms with E-state index < -0.39 is 0 Å². The van der Waals surface area contributed by atoms with Crippen molar-refractivity contribution in [3.05, 3.63) is 34.9 Å². The summed E-state index contributed by atoms with van der Waals surface area (Å²) in [6.45, 7) is 4.92. The summed E-state index contributed by atoms with van der Waals surface area (Å²) in [5, 5.41) is 13.3. The molecule has 16 heavy (non-hydrogen) atoms. The van der Waals surface area contributed by atoms with E-state index in [2.05, 4.69) is 37.4 Å². The highest BCUT2D eigenvalue weighted by molar-refractivity contribution is 5.30. The van der Waals surface area contributed by atoms with Gasteiger partial charge < -0.3 is 10.4 Å². The molecule has 1 aliphatic rings. The molecule has 1 aromatic carbocycles. The van der Waals surface area contributed by atoms with Gasteiger partial charge in [0.05, 0.1) is 6.10 Å². The van der Waals surface area contributed by atoms with E-state index in [0.29, 0.717) is 6.04 Å². The largest absolute Gasteiger partial charge is 0.391 e. The second-order valence-corrected chi connectivity index (χ2v) is 4.97. The molecule has 1 atom stereocenters. The van der Waals surface area contributed by atoms with E-state index in [1.807, 2.05) is 0 Å². The Morgan fingerprint density at radius 1 is 1.38 bits per heavy atom. The minimum absolute atomic E-state index is 0.263. The lowest BCUT2D eigenvalue weighted by molar-refractivity contribution is 0.171. The summed E-state index contributed by atoms with van der Waals surface area (Å²) in [4.78, 5) is 0. The van der Waals surface area contributed by atoms with Crippen LogP contribution in [0.5, 0.6) is 0 Å². The highest BCUT2D eigenvalue weighted by atomic mass is 16.3. The molecule has 0 bridgehead atoms. The number of aryl methyl sites for hydroxylation is 2. The Bertz CT molecular complexity index is 358. The van der Waals surface area contributed by atoms with Crippen LogP contribution in [0.4, 0.5) is 0 Å². The Balaban J connectivity index is 1.88. The van der Waals surface area contributed by atoms with Crippen molar-refractivity contribution in [2.75, 3.05) is 6.54 Å². The van der Waals surface area contributed by atoms with Crippen LogP contribution in [0.3, 0.4) is 0 Å². The lowest BCUT2D eigenvalue weighted by Gasteiger charge is -2.13. The monoisotopic (exact) mass is 219 g/mol. The molecule has 2 rings (SSSR count). The summed E-state index contributed by atoms with van der Waals surface area (Å²) in [6.07, 6.45) is 3.04. The second-order valence-electron chi connectivity index (χ2n) is 4.97. The van der Waals surface area contributed by atoms with Gasteiger partial charge in [-0.2, -0.15) is 0 Å². The molecule has 1 aromatic rings. The van der Waals surface area contributed by atoms with Crippen molar-refractivity contribution in [2.45, 2.75) is 45.3 Å². The summed E-state index contributed by atoms with van der Waals surface area (Å²) in [5.41, 5.74) is 3.81. The molecule has 1 fully saturated rings. The number of aliphatic hydroxyl groups excluding tert-OH is 1. The molecule has 0 radical (unpaired) electrons. The molecule has 1 aliphatic carbocycles. The number of hydrogen-bond acceptors (Lipinski definition) is 2. The van der Waals surface area contributed by atoms with Crippen molar-refractivity contribution in [3.8, 4) is 0 Å². The van der Waals surface area contributed by atoms with E-state index in [0.717, 1.165) is 13.0 Å². The van der Waals surface area contributed by atoms with Crippen LogP contribution in [0, 0.1) is 13.8 Å². The summed E-state index contributed by atoms with van der Waals surface area (Å²) < 4.78 is 0. The summed E-state index contributed by atoms with van der Waals surface area (Å²) in [5.74, 6) is 0. The van der Waals surface area contributed by atoms with Crippen LogP contribution in [0.15, 0.2) is 18.2 Å². The Morgan fingerprint density at radius 2 is 2.12 bits per heavy atom. The van der Waals surface area contributed by atoms with Crippen molar-refractivity contribution in [2.24, 2.45) is 0 Å². The Kier molecular flexibility index (Phi) is 3.62. The summed E-state index contributed by atoms with van der Waals surface area (Å²) in [6, 6.07) is 7.10. The standard InChI is InChI=1S/C14H21NO/c1-10-3-4-11(2)12(7-10)8-14(16)9-15-13-5-6-13/h3-4,7,13-16H,5-6,8-9H2,1-2H3. The van der Waals surface area contributed by atoms with E-state index >= 15 is 0 Å². The van der Waals surface area contributed by atoms with Crippen molar-refractivity contribution in [1.29, 1.82) is 0 Å². The highest BCUT2D eigenvalue weighted by Crippen LogP contribution is 2.19. The molecule has 2 N–H and O–H groups in total. The smallest absolute Gasteiger partial charge is 0.0705 e. The van der Waals surface area contributed by atoms with Gasteiger partial charge in [-0.1, -0.05) is 23.8 Å². The quantitative estimate of drug-likeness (QED) is 0.793. The molecule has 2 nitrogen and oxygen atoms in total. The predicted octanol–water partition coefficient (Wildman–Crippen LogP) is 1.96. The number of rotatable bonds is 5. The molecule has 0 spiro atoms. The molecule has 0 amide bonds. The van der Waals surface area contributed by atoms with Gasteiger partial charge in [-0.3, -0.25) is 0 Å². The van der Waals surface area contributed by atoms with Crippen LogP contribution < -0.4 is 5.32 Å². The number of aliphatic hydroxyl groups is 1. The molecule has 0 aliphatic heterocycles. The van der Waals surface area contributed by atoms with Crippen LogP contribution in [-0.4, -0.2) is 23.8 Å². The topological polar surface area (TPSA) is 32.3 Å². The maximum atomic E-state index is 9.93. The normalized spacial score (nSPS) is 17.4. The van der Waals surface area contributed by atoms with E-state index in [4.69, 9.17) is 0 Å². The van der Waals surface area contributed by atoms with E-state index in [1.54, 1.807) is 0 Å². The van der Waals surface area contributed by atoms with Crippen molar-refractivity contribution >= 4 is 0 Å². The Morgan fingerprint density at radius 3 is 2.81 bits per heavy atom. The maximum Gasteiger partial charge on any atom is 0.0705 e. The zero-order valence-electron chi connectivity index (χ0n) is 10.2. The van der Waals surface area contributed by atoms with Gasteiger partial charge in [-0.05, 0) is 44.2 Å².